The van der Waals surface area contributed by atoms with Gasteiger partial charge >= 0.3 is 5.97 Å². The van der Waals surface area contributed by atoms with E-state index in [-0.39, 0.29) is 6.42 Å². The first-order valence-electron chi connectivity index (χ1n) is 11.1. The lowest BCUT2D eigenvalue weighted by Crippen LogP contribution is -2.21. The molecule has 0 amide bonds. The summed E-state index contributed by atoms with van der Waals surface area (Å²) < 4.78 is 22.0. The van der Waals surface area contributed by atoms with E-state index in [2.05, 4.69) is 10.3 Å². The zero-order chi connectivity index (χ0) is 25.1. The Bertz CT molecular complexity index is 1390. The molecular weight excluding hydrogens is 464 g/mol. The molecule has 0 aliphatic heterocycles. The summed E-state index contributed by atoms with van der Waals surface area (Å²) in [5, 5.41) is 18.0. The molecule has 9 heteroatoms. The van der Waals surface area contributed by atoms with Gasteiger partial charge < -0.3 is 9.84 Å². The van der Waals surface area contributed by atoms with Gasteiger partial charge in [-0.05, 0) is 53.4 Å². The Labute approximate surface area is 206 Å². The van der Waals surface area contributed by atoms with E-state index >= 15 is 0 Å². The van der Waals surface area contributed by atoms with Crippen LogP contribution in [0.2, 0.25) is 0 Å². The fraction of sp³-hybridized carbons (Fsp3) is 0.269. The normalized spacial score (nSPS) is 13.2. The van der Waals surface area contributed by atoms with Crippen LogP contribution in [-0.2, 0) is 29.4 Å². The van der Waals surface area contributed by atoms with E-state index in [1.165, 1.54) is 0 Å². The highest BCUT2D eigenvalue weighted by Gasteiger charge is 2.23. The number of aryl methyl sites for hydroxylation is 2. The van der Waals surface area contributed by atoms with Crippen LogP contribution in [0.1, 0.15) is 34.6 Å². The van der Waals surface area contributed by atoms with E-state index in [1.54, 1.807) is 23.1 Å². The summed E-state index contributed by atoms with van der Waals surface area (Å²) >= 11 is 0. The first kappa shape index (κ1) is 24.6. The van der Waals surface area contributed by atoms with Crippen LogP contribution in [0.15, 0.2) is 65.6 Å². The molecule has 0 bridgehead atoms. The fourth-order valence-electron chi connectivity index (χ4n) is 4.23. The average Bonchev–Trinajstić information content (AvgIpc) is 3.24. The molecular formula is C26H28N4O4S. The van der Waals surface area contributed by atoms with Gasteiger partial charge in [0.15, 0.2) is 0 Å². The van der Waals surface area contributed by atoms with Crippen molar-refractivity contribution in [2.75, 3.05) is 14.2 Å². The third-order valence-corrected chi connectivity index (χ3v) is 7.46. The van der Waals surface area contributed by atoms with Gasteiger partial charge in [-0.3, -0.25) is 4.79 Å². The highest BCUT2D eigenvalue weighted by Crippen LogP contribution is 2.35. The lowest BCUT2D eigenvalue weighted by atomic mass is 9.86. The third-order valence-electron chi connectivity index (χ3n) is 6.08. The fourth-order valence-corrected chi connectivity index (χ4v) is 5.23. The number of ether oxygens (including phenoxy) is 1. The predicted octanol–water partition coefficient (Wildman–Crippen LogP) is 4.05. The molecule has 0 aliphatic carbocycles. The second kappa shape index (κ2) is 10.4. The van der Waals surface area contributed by atoms with Crippen LogP contribution in [0.5, 0.6) is 5.75 Å². The van der Waals surface area contributed by atoms with E-state index in [1.807, 2.05) is 74.6 Å². The number of carboxylic acids is 1. The van der Waals surface area contributed by atoms with E-state index in [0.717, 1.165) is 32.7 Å². The van der Waals surface area contributed by atoms with Crippen LogP contribution in [0.4, 0.5) is 0 Å². The number of fused-ring (bicyclic) bond motifs is 1. The molecule has 35 heavy (non-hydrogen) atoms. The Morgan fingerprint density at radius 1 is 1.14 bits per heavy atom. The summed E-state index contributed by atoms with van der Waals surface area (Å²) in [6.45, 7) is 2.45. The van der Waals surface area contributed by atoms with Crippen LogP contribution in [0.25, 0.3) is 11.0 Å². The summed E-state index contributed by atoms with van der Waals surface area (Å²) in [7, 11) is 3.86. The standard InChI is InChI=1S/C26H28N4O4S/c1-17-10-11-18(12-20(17)16-29(2)35(33)21-8-6-5-7-9-21)22(15-25(31)32)19-13-23-26(24(14-19)34-4)30(3)28-27-23/h5-14,22H,15-16H2,1-4H3,(H,31,32). The lowest BCUT2D eigenvalue weighted by molar-refractivity contribution is -0.137. The topological polar surface area (TPSA) is 97.6 Å². The molecule has 0 saturated carbocycles. The first-order chi connectivity index (χ1) is 16.8. The second-order valence-corrected chi connectivity index (χ2v) is 10.1. The lowest BCUT2D eigenvalue weighted by Gasteiger charge is -2.21. The number of hydrogen-bond donors (Lipinski definition) is 1. The summed E-state index contributed by atoms with van der Waals surface area (Å²) in [5.74, 6) is -0.736. The number of aromatic nitrogens is 3. The van der Waals surface area contributed by atoms with Crippen molar-refractivity contribution >= 4 is 28.0 Å². The molecule has 8 nitrogen and oxygen atoms in total. The van der Waals surface area contributed by atoms with Crippen LogP contribution >= 0.6 is 0 Å². The van der Waals surface area contributed by atoms with Crippen molar-refractivity contribution in [1.29, 1.82) is 0 Å². The number of benzene rings is 3. The molecule has 0 fully saturated rings. The summed E-state index contributed by atoms with van der Waals surface area (Å²) in [5.41, 5.74) is 5.06. The van der Waals surface area contributed by atoms with Crippen molar-refractivity contribution in [2.24, 2.45) is 7.05 Å². The number of carbonyl (C=O) groups is 1. The maximum absolute atomic E-state index is 13.0. The van der Waals surface area contributed by atoms with Crippen LogP contribution < -0.4 is 4.74 Å². The molecule has 2 unspecified atom stereocenters. The predicted molar refractivity (Wildman–Crippen MR) is 135 cm³/mol. The Morgan fingerprint density at radius 2 is 1.89 bits per heavy atom. The monoisotopic (exact) mass is 492 g/mol. The molecule has 2 atom stereocenters. The minimum atomic E-state index is -1.31. The number of rotatable bonds is 9. The van der Waals surface area contributed by atoms with E-state index in [0.29, 0.717) is 17.8 Å². The zero-order valence-corrected chi connectivity index (χ0v) is 21.0. The van der Waals surface area contributed by atoms with Crippen LogP contribution in [-0.4, -0.2) is 48.7 Å². The van der Waals surface area contributed by atoms with Gasteiger partial charge in [0.1, 0.15) is 27.8 Å². The van der Waals surface area contributed by atoms with Gasteiger partial charge in [-0.1, -0.05) is 41.6 Å². The Hall–Kier alpha value is -3.56. The van der Waals surface area contributed by atoms with Crippen molar-refractivity contribution in [3.8, 4) is 5.75 Å². The van der Waals surface area contributed by atoms with E-state index < -0.39 is 22.9 Å². The van der Waals surface area contributed by atoms with Gasteiger partial charge in [0, 0.05) is 26.6 Å². The van der Waals surface area contributed by atoms with Gasteiger partial charge in [-0.2, -0.15) is 0 Å². The average molecular weight is 493 g/mol. The molecule has 4 aromatic rings. The van der Waals surface area contributed by atoms with Crippen LogP contribution in [0, 0.1) is 6.92 Å². The highest BCUT2D eigenvalue weighted by atomic mass is 32.2. The molecule has 182 valence electrons. The van der Waals surface area contributed by atoms with E-state index in [4.69, 9.17) is 4.74 Å². The molecule has 1 N–H and O–H groups in total. The summed E-state index contributed by atoms with van der Waals surface area (Å²) in [4.78, 5) is 12.6. The molecule has 0 saturated heterocycles. The molecule has 0 radical (unpaired) electrons. The van der Waals surface area contributed by atoms with Gasteiger partial charge in [-0.25, -0.2) is 13.2 Å². The highest BCUT2D eigenvalue weighted by molar-refractivity contribution is 7.82. The number of nitrogens with zero attached hydrogens (tertiary/aromatic N) is 4. The molecule has 0 spiro atoms. The number of hydrogen-bond acceptors (Lipinski definition) is 5. The summed E-state index contributed by atoms with van der Waals surface area (Å²) in [6.07, 6.45) is -0.0940. The largest absolute Gasteiger partial charge is 0.494 e. The Balaban J connectivity index is 1.71. The number of aliphatic carboxylic acids is 1. The minimum Gasteiger partial charge on any atom is -0.494 e. The second-order valence-electron chi connectivity index (χ2n) is 8.49. The zero-order valence-electron chi connectivity index (χ0n) is 20.1. The van der Waals surface area contributed by atoms with Crippen LogP contribution in [0.3, 0.4) is 0 Å². The van der Waals surface area contributed by atoms with Gasteiger partial charge in [0.05, 0.1) is 18.4 Å². The van der Waals surface area contributed by atoms with Gasteiger partial charge in [0.2, 0.25) is 0 Å². The van der Waals surface area contributed by atoms with Crippen molar-refractivity contribution in [2.45, 2.75) is 30.7 Å². The van der Waals surface area contributed by atoms with Crippen molar-refractivity contribution < 1.29 is 18.8 Å². The Morgan fingerprint density at radius 3 is 2.57 bits per heavy atom. The maximum Gasteiger partial charge on any atom is 0.304 e. The molecule has 0 aliphatic rings. The molecule has 1 heterocycles. The smallest absolute Gasteiger partial charge is 0.304 e. The first-order valence-corrected chi connectivity index (χ1v) is 12.3. The maximum atomic E-state index is 13.0. The third kappa shape index (κ3) is 5.26. The summed E-state index contributed by atoms with van der Waals surface area (Å²) in [6, 6.07) is 19.0. The number of methoxy groups -OCH3 is 1. The molecule has 4 rings (SSSR count). The van der Waals surface area contributed by atoms with Gasteiger partial charge in [-0.15, -0.1) is 5.10 Å². The quantitative estimate of drug-likeness (QED) is 0.379. The SMILES string of the molecule is COc1cc(C(CC(=O)O)c2ccc(C)c(CN(C)S(=O)c3ccccc3)c2)cc2nnn(C)c12. The molecule has 3 aromatic carbocycles. The van der Waals surface area contributed by atoms with Gasteiger partial charge in [0.25, 0.3) is 0 Å². The van der Waals surface area contributed by atoms with Crippen molar-refractivity contribution in [3.63, 3.8) is 0 Å². The van der Waals surface area contributed by atoms with E-state index in [9.17, 15) is 14.1 Å². The molecule has 1 aromatic heterocycles. The van der Waals surface area contributed by atoms with Crippen molar-refractivity contribution in [3.05, 3.63) is 82.9 Å². The minimum absolute atomic E-state index is 0.0940. The Kier molecular flexibility index (Phi) is 7.28. The number of carboxylic acid groups (broad SMARTS) is 1. The van der Waals surface area contributed by atoms with Crippen molar-refractivity contribution in [1.82, 2.24) is 19.3 Å².